The number of carbonyl (C=O) groups is 2. The van der Waals surface area contributed by atoms with Gasteiger partial charge >= 0.3 is 5.97 Å². The third-order valence-electron chi connectivity index (χ3n) is 3.91. The number of aromatic carboxylic acids is 1. The van der Waals surface area contributed by atoms with Gasteiger partial charge in [0.15, 0.2) is 0 Å². The summed E-state index contributed by atoms with van der Waals surface area (Å²) in [6.07, 6.45) is 1.66. The van der Waals surface area contributed by atoms with Gasteiger partial charge < -0.3 is 20.1 Å². The fourth-order valence-electron chi connectivity index (χ4n) is 2.68. The van der Waals surface area contributed by atoms with E-state index in [9.17, 15) is 14.7 Å². The number of hydrogen-bond donors (Lipinski definition) is 2. The predicted molar refractivity (Wildman–Crippen MR) is 89.5 cm³/mol. The SMILES string of the molecule is COc1ccc(Cn2cc(C(N)=O)c3ccc(C(=O)O)cc32)cc1. The molecule has 2 aromatic carbocycles. The van der Waals surface area contributed by atoms with Crippen LogP contribution in [0.2, 0.25) is 0 Å². The highest BCUT2D eigenvalue weighted by atomic mass is 16.5. The molecule has 3 aromatic rings. The van der Waals surface area contributed by atoms with Gasteiger partial charge in [0, 0.05) is 23.6 Å². The standard InChI is InChI=1S/C18H16N2O4/c1-24-13-5-2-11(3-6-13)9-20-10-15(17(19)21)14-7-4-12(18(22)23)8-16(14)20/h2-8,10H,9H2,1H3,(H2,19,21)(H,22,23). The van der Waals surface area contributed by atoms with Crippen LogP contribution < -0.4 is 10.5 Å². The van der Waals surface area contributed by atoms with Crippen molar-refractivity contribution in [2.24, 2.45) is 5.73 Å². The molecule has 0 saturated carbocycles. The molecule has 3 N–H and O–H groups in total. The number of carboxylic acid groups (broad SMARTS) is 1. The fraction of sp³-hybridized carbons (Fsp3) is 0.111. The molecule has 0 aliphatic carbocycles. The number of benzene rings is 2. The number of aromatic nitrogens is 1. The average Bonchev–Trinajstić information content (AvgIpc) is 2.93. The van der Waals surface area contributed by atoms with E-state index in [-0.39, 0.29) is 5.56 Å². The molecule has 1 aromatic heterocycles. The van der Waals surface area contributed by atoms with Crippen molar-refractivity contribution in [3.63, 3.8) is 0 Å². The number of ether oxygens (including phenoxy) is 1. The number of fused-ring (bicyclic) bond motifs is 1. The van der Waals surface area contributed by atoms with Crippen LogP contribution in [0.15, 0.2) is 48.7 Å². The molecule has 0 atom stereocenters. The zero-order chi connectivity index (χ0) is 17.3. The Morgan fingerprint density at radius 1 is 1.17 bits per heavy atom. The molecule has 0 aliphatic rings. The Morgan fingerprint density at radius 2 is 1.88 bits per heavy atom. The van der Waals surface area contributed by atoms with E-state index in [0.29, 0.717) is 23.0 Å². The second-order valence-electron chi connectivity index (χ2n) is 5.42. The molecule has 6 nitrogen and oxygen atoms in total. The number of nitrogens with zero attached hydrogens (tertiary/aromatic N) is 1. The second kappa shape index (κ2) is 6.08. The molecule has 0 bridgehead atoms. The van der Waals surface area contributed by atoms with Crippen molar-refractivity contribution in [3.05, 3.63) is 65.4 Å². The van der Waals surface area contributed by atoms with Gasteiger partial charge in [-0.2, -0.15) is 0 Å². The molecule has 6 heteroatoms. The number of hydrogen-bond acceptors (Lipinski definition) is 3. The molecule has 122 valence electrons. The van der Waals surface area contributed by atoms with Crippen molar-refractivity contribution < 1.29 is 19.4 Å². The summed E-state index contributed by atoms with van der Waals surface area (Å²) >= 11 is 0. The Kier molecular flexibility index (Phi) is 3.95. The monoisotopic (exact) mass is 324 g/mol. The number of primary amides is 1. The lowest BCUT2D eigenvalue weighted by atomic mass is 10.1. The maximum absolute atomic E-state index is 11.7. The average molecular weight is 324 g/mol. The molecule has 24 heavy (non-hydrogen) atoms. The van der Waals surface area contributed by atoms with Gasteiger partial charge in [0.25, 0.3) is 5.91 Å². The van der Waals surface area contributed by atoms with Crippen molar-refractivity contribution >= 4 is 22.8 Å². The number of nitrogens with two attached hydrogens (primary N) is 1. The highest BCUT2D eigenvalue weighted by Gasteiger charge is 2.15. The first-order valence-corrected chi connectivity index (χ1v) is 7.28. The van der Waals surface area contributed by atoms with Gasteiger partial charge in [-0.1, -0.05) is 18.2 Å². The molecule has 0 fully saturated rings. The van der Waals surface area contributed by atoms with Gasteiger partial charge in [0.1, 0.15) is 5.75 Å². The molecule has 1 amide bonds. The predicted octanol–water partition coefficient (Wildman–Crippen LogP) is 2.50. The maximum atomic E-state index is 11.7. The molecule has 0 unspecified atom stereocenters. The molecule has 1 heterocycles. The summed E-state index contributed by atoms with van der Waals surface area (Å²) in [5.74, 6) is -0.812. The van der Waals surface area contributed by atoms with E-state index in [1.165, 1.54) is 6.07 Å². The van der Waals surface area contributed by atoms with E-state index in [0.717, 1.165) is 11.3 Å². The lowest BCUT2D eigenvalue weighted by molar-refractivity contribution is 0.0696. The Labute approximate surface area is 138 Å². The normalized spacial score (nSPS) is 10.7. The number of carboxylic acids is 1. The number of amides is 1. The van der Waals surface area contributed by atoms with Crippen LogP contribution in [0.4, 0.5) is 0 Å². The van der Waals surface area contributed by atoms with E-state index >= 15 is 0 Å². The van der Waals surface area contributed by atoms with Crippen LogP contribution in [0.5, 0.6) is 5.75 Å². The first kappa shape index (κ1) is 15.6. The van der Waals surface area contributed by atoms with Gasteiger partial charge in [-0.3, -0.25) is 4.79 Å². The first-order chi connectivity index (χ1) is 11.5. The van der Waals surface area contributed by atoms with E-state index in [4.69, 9.17) is 10.5 Å². The van der Waals surface area contributed by atoms with Crippen LogP contribution in [-0.2, 0) is 6.54 Å². The summed E-state index contributed by atoms with van der Waals surface area (Å²) in [6, 6.07) is 12.1. The van der Waals surface area contributed by atoms with E-state index in [2.05, 4.69) is 0 Å². The molecule has 3 rings (SSSR count). The number of carbonyl (C=O) groups excluding carboxylic acids is 1. The largest absolute Gasteiger partial charge is 0.497 e. The van der Waals surface area contributed by atoms with Crippen molar-refractivity contribution in [1.29, 1.82) is 0 Å². The van der Waals surface area contributed by atoms with Gasteiger partial charge in [0.05, 0.1) is 18.2 Å². The third kappa shape index (κ3) is 2.81. The van der Waals surface area contributed by atoms with Gasteiger partial charge in [0.2, 0.25) is 0 Å². The second-order valence-corrected chi connectivity index (χ2v) is 5.42. The highest BCUT2D eigenvalue weighted by molar-refractivity contribution is 6.07. The lowest BCUT2D eigenvalue weighted by Crippen LogP contribution is -2.10. The van der Waals surface area contributed by atoms with E-state index in [1.807, 2.05) is 28.8 Å². The summed E-state index contributed by atoms with van der Waals surface area (Å²) < 4.78 is 6.96. The van der Waals surface area contributed by atoms with Gasteiger partial charge in [-0.05, 0) is 29.8 Å². The first-order valence-electron chi connectivity index (χ1n) is 7.28. The van der Waals surface area contributed by atoms with Gasteiger partial charge in [-0.25, -0.2) is 4.79 Å². The number of rotatable bonds is 5. The van der Waals surface area contributed by atoms with Crippen molar-refractivity contribution in [2.45, 2.75) is 6.54 Å². The third-order valence-corrected chi connectivity index (χ3v) is 3.91. The topological polar surface area (TPSA) is 94.5 Å². The molecular weight excluding hydrogens is 308 g/mol. The number of methoxy groups -OCH3 is 1. The maximum Gasteiger partial charge on any atom is 0.335 e. The van der Waals surface area contributed by atoms with Crippen LogP contribution in [0, 0.1) is 0 Å². The van der Waals surface area contributed by atoms with Crippen LogP contribution in [-0.4, -0.2) is 28.7 Å². The minimum absolute atomic E-state index is 0.160. The van der Waals surface area contributed by atoms with Crippen LogP contribution in [0.1, 0.15) is 26.3 Å². The van der Waals surface area contributed by atoms with Gasteiger partial charge in [-0.15, -0.1) is 0 Å². The molecule has 0 spiro atoms. The van der Waals surface area contributed by atoms with Crippen molar-refractivity contribution in [2.75, 3.05) is 7.11 Å². The van der Waals surface area contributed by atoms with E-state index < -0.39 is 11.9 Å². The lowest BCUT2D eigenvalue weighted by Gasteiger charge is -2.07. The van der Waals surface area contributed by atoms with Crippen LogP contribution in [0.25, 0.3) is 10.9 Å². The highest BCUT2D eigenvalue weighted by Crippen LogP contribution is 2.24. The Balaban J connectivity index is 2.09. The van der Waals surface area contributed by atoms with E-state index in [1.54, 1.807) is 25.4 Å². The summed E-state index contributed by atoms with van der Waals surface area (Å²) in [4.78, 5) is 22.9. The van der Waals surface area contributed by atoms with Crippen LogP contribution >= 0.6 is 0 Å². The summed E-state index contributed by atoms with van der Waals surface area (Å²) in [7, 11) is 1.60. The smallest absolute Gasteiger partial charge is 0.335 e. The molecular formula is C18H16N2O4. The minimum atomic E-state index is -1.02. The van der Waals surface area contributed by atoms with Crippen molar-refractivity contribution in [1.82, 2.24) is 4.57 Å². The Morgan fingerprint density at radius 3 is 2.46 bits per heavy atom. The zero-order valence-electron chi connectivity index (χ0n) is 13.0. The van der Waals surface area contributed by atoms with Crippen molar-refractivity contribution in [3.8, 4) is 5.75 Å². The Hall–Kier alpha value is -3.28. The van der Waals surface area contributed by atoms with Crippen LogP contribution in [0.3, 0.4) is 0 Å². The fourth-order valence-corrected chi connectivity index (χ4v) is 2.68. The zero-order valence-corrected chi connectivity index (χ0v) is 13.0. The molecule has 0 saturated heterocycles. The quantitative estimate of drug-likeness (QED) is 0.754. The summed E-state index contributed by atoms with van der Waals surface area (Å²) in [5.41, 5.74) is 7.61. The molecule has 0 radical (unpaired) electrons. The molecule has 0 aliphatic heterocycles. The minimum Gasteiger partial charge on any atom is -0.497 e. The summed E-state index contributed by atoms with van der Waals surface area (Å²) in [5, 5.41) is 9.82. The Bertz CT molecular complexity index is 926. The summed E-state index contributed by atoms with van der Waals surface area (Å²) in [6.45, 7) is 0.483.